The second-order valence-corrected chi connectivity index (χ2v) is 4.29. The molecule has 23 heavy (non-hydrogen) atoms. The molecule has 2 N–H and O–H groups in total. The Labute approximate surface area is 134 Å². The second kappa shape index (κ2) is 10.2. The lowest BCUT2D eigenvalue weighted by atomic mass is 10.2. The Hall–Kier alpha value is -2.61. The normalized spacial score (nSPS) is 10.4. The number of methoxy groups -OCH3 is 2. The van der Waals surface area contributed by atoms with Gasteiger partial charge in [-0.15, -0.1) is 0 Å². The smallest absolute Gasteiger partial charge is 0.329 e. The third kappa shape index (κ3) is 6.35. The van der Waals surface area contributed by atoms with Crippen molar-refractivity contribution in [2.45, 2.75) is 6.92 Å². The van der Waals surface area contributed by atoms with Crippen LogP contribution in [0.15, 0.2) is 23.3 Å². The van der Waals surface area contributed by atoms with Gasteiger partial charge in [-0.3, -0.25) is 9.59 Å². The molecule has 1 aromatic rings. The fraction of sp³-hybridized carbons (Fsp3) is 0.400. The Morgan fingerprint density at radius 2 is 2.00 bits per heavy atom. The molecule has 0 spiro atoms. The van der Waals surface area contributed by atoms with Crippen LogP contribution in [-0.2, 0) is 14.3 Å². The molecular weight excluding hydrogens is 302 g/mol. The lowest BCUT2D eigenvalue weighted by Crippen LogP contribution is -2.39. The molecule has 2 amide bonds. The van der Waals surface area contributed by atoms with E-state index in [0.29, 0.717) is 30.3 Å². The zero-order chi connectivity index (χ0) is 17.1. The van der Waals surface area contributed by atoms with E-state index in [0.717, 1.165) is 0 Å². The Balaban J connectivity index is 2.57. The van der Waals surface area contributed by atoms with E-state index >= 15 is 0 Å². The first-order valence-corrected chi connectivity index (χ1v) is 7.03. The molecule has 0 saturated carbocycles. The molecule has 8 nitrogen and oxygen atoms in total. The number of amides is 2. The molecule has 0 fully saturated rings. The van der Waals surface area contributed by atoms with Gasteiger partial charge in [0.05, 0.1) is 26.5 Å². The first-order valence-electron chi connectivity index (χ1n) is 7.03. The van der Waals surface area contributed by atoms with E-state index in [1.165, 1.54) is 20.4 Å². The summed E-state index contributed by atoms with van der Waals surface area (Å²) in [4.78, 5) is 22.9. The highest BCUT2D eigenvalue weighted by Gasteiger charge is 2.11. The van der Waals surface area contributed by atoms with Gasteiger partial charge in [-0.2, -0.15) is 5.10 Å². The third-order valence-corrected chi connectivity index (χ3v) is 2.67. The highest BCUT2D eigenvalue weighted by molar-refractivity contribution is 6.35. The summed E-state index contributed by atoms with van der Waals surface area (Å²) >= 11 is 0. The van der Waals surface area contributed by atoms with Crippen LogP contribution in [0.3, 0.4) is 0 Å². The van der Waals surface area contributed by atoms with E-state index in [1.807, 2.05) is 6.92 Å². The molecule has 0 radical (unpaired) electrons. The van der Waals surface area contributed by atoms with Crippen LogP contribution in [0, 0.1) is 0 Å². The molecule has 0 aliphatic heterocycles. The molecule has 1 rings (SSSR count). The predicted molar refractivity (Wildman–Crippen MR) is 84.8 cm³/mol. The minimum atomic E-state index is -0.852. The van der Waals surface area contributed by atoms with Crippen LogP contribution in [-0.4, -0.2) is 52.0 Å². The molecule has 0 saturated heterocycles. The zero-order valence-electron chi connectivity index (χ0n) is 13.4. The van der Waals surface area contributed by atoms with E-state index < -0.39 is 11.8 Å². The molecule has 126 valence electrons. The van der Waals surface area contributed by atoms with Crippen molar-refractivity contribution < 1.29 is 23.8 Å². The molecule has 0 aliphatic rings. The van der Waals surface area contributed by atoms with Gasteiger partial charge in [-0.25, -0.2) is 5.43 Å². The fourth-order valence-corrected chi connectivity index (χ4v) is 1.60. The van der Waals surface area contributed by atoms with Gasteiger partial charge >= 0.3 is 11.8 Å². The van der Waals surface area contributed by atoms with Crippen molar-refractivity contribution in [1.29, 1.82) is 0 Å². The number of hydrazone groups is 1. The fourth-order valence-electron chi connectivity index (χ4n) is 1.60. The summed E-state index contributed by atoms with van der Waals surface area (Å²) in [7, 11) is 3.03. The molecular formula is C15H21N3O5. The van der Waals surface area contributed by atoms with Crippen LogP contribution < -0.4 is 20.2 Å². The maximum absolute atomic E-state index is 11.5. The maximum Gasteiger partial charge on any atom is 0.329 e. The average molecular weight is 323 g/mol. The minimum Gasteiger partial charge on any atom is -0.493 e. The second-order valence-electron chi connectivity index (χ2n) is 4.29. The van der Waals surface area contributed by atoms with Gasteiger partial charge in [0.15, 0.2) is 11.5 Å². The largest absolute Gasteiger partial charge is 0.493 e. The number of ether oxygens (including phenoxy) is 3. The SMILES string of the molecule is CCOc1ccc(/C=N\NC(=O)C(=O)NCCOC)cc1OC. The number of rotatable bonds is 8. The highest BCUT2D eigenvalue weighted by atomic mass is 16.5. The summed E-state index contributed by atoms with van der Waals surface area (Å²) in [5.41, 5.74) is 2.83. The van der Waals surface area contributed by atoms with E-state index in [2.05, 4.69) is 15.8 Å². The van der Waals surface area contributed by atoms with Crippen LogP contribution >= 0.6 is 0 Å². The van der Waals surface area contributed by atoms with Gasteiger partial charge in [0.1, 0.15) is 0 Å². The van der Waals surface area contributed by atoms with Gasteiger partial charge in [-0.05, 0) is 30.7 Å². The summed E-state index contributed by atoms with van der Waals surface area (Å²) in [6.07, 6.45) is 1.40. The van der Waals surface area contributed by atoms with Crippen LogP contribution in [0.2, 0.25) is 0 Å². The van der Waals surface area contributed by atoms with Gasteiger partial charge in [0, 0.05) is 13.7 Å². The predicted octanol–water partition coefficient (Wildman–Crippen LogP) is 0.307. The molecule has 0 unspecified atom stereocenters. The molecule has 8 heteroatoms. The summed E-state index contributed by atoms with van der Waals surface area (Å²) in [5.74, 6) is -0.452. The minimum absolute atomic E-state index is 0.253. The number of carbonyl (C=O) groups excluding carboxylic acids is 2. The quantitative estimate of drug-likeness (QED) is 0.310. The number of nitrogens with one attached hydrogen (secondary N) is 2. The highest BCUT2D eigenvalue weighted by Crippen LogP contribution is 2.27. The summed E-state index contributed by atoms with van der Waals surface area (Å²) in [6.45, 7) is 2.98. The van der Waals surface area contributed by atoms with Crippen molar-refractivity contribution in [2.75, 3.05) is 34.0 Å². The number of nitrogens with zero attached hydrogens (tertiary/aromatic N) is 1. The molecule has 0 heterocycles. The zero-order valence-corrected chi connectivity index (χ0v) is 13.4. The van der Waals surface area contributed by atoms with Crippen molar-refractivity contribution >= 4 is 18.0 Å². The Kier molecular flexibility index (Phi) is 8.16. The Morgan fingerprint density at radius 3 is 2.65 bits per heavy atom. The molecule has 0 bridgehead atoms. The first kappa shape index (κ1) is 18.4. The van der Waals surface area contributed by atoms with E-state index in [-0.39, 0.29) is 6.54 Å². The van der Waals surface area contributed by atoms with Crippen molar-refractivity contribution in [3.63, 3.8) is 0 Å². The van der Waals surface area contributed by atoms with Gasteiger partial charge in [0.25, 0.3) is 0 Å². The Morgan fingerprint density at radius 1 is 1.22 bits per heavy atom. The molecule has 0 atom stereocenters. The number of hydrogen-bond donors (Lipinski definition) is 2. The Bertz CT molecular complexity index is 560. The summed E-state index contributed by atoms with van der Waals surface area (Å²) < 4.78 is 15.4. The van der Waals surface area contributed by atoms with Crippen molar-refractivity contribution in [1.82, 2.24) is 10.7 Å². The summed E-state index contributed by atoms with van der Waals surface area (Å²) in [6, 6.07) is 5.20. The third-order valence-electron chi connectivity index (χ3n) is 2.67. The molecule has 0 aromatic heterocycles. The number of carbonyl (C=O) groups is 2. The molecule has 1 aromatic carbocycles. The van der Waals surface area contributed by atoms with Crippen LogP contribution in [0.1, 0.15) is 12.5 Å². The molecule has 0 aliphatic carbocycles. The van der Waals surface area contributed by atoms with Crippen LogP contribution in [0.25, 0.3) is 0 Å². The number of benzene rings is 1. The number of hydrogen-bond acceptors (Lipinski definition) is 6. The van der Waals surface area contributed by atoms with Gasteiger partial charge in [0.2, 0.25) is 0 Å². The van der Waals surface area contributed by atoms with E-state index in [1.54, 1.807) is 18.2 Å². The standard InChI is InChI=1S/C15H21N3O5/c1-4-23-12-6-5-11(9-13(12)22-3)10-17-18-15(20)14(19)16-7-8-21-2/h5-6,9-10H,4,7-8H2,1-3H3,(H,16,19)(H,18,20)/b17-10-. The monoisotopic (exact) mass is 323 g/mol. The van der Waals surface area contributed by atoms with Gasteiger partial charge < -0.3 is 19.5 Å². The maximum atomic E-state index is 11.5. The lowest BCUT2D eigenvalue weighted by Gasteiger charge is -2.09. The van der Waals surface area contributed by atoms with E-state index in [9.17, 15) is 9.59 Å². The van der Waals surface area contributed by atoms with E-state index in [4.69, 9.17) is 14.2 Å². The van der Waals surface area contributed by atoms with Crippen LogP contribution in [0.5, 0.6) is 11.5 Å². The van der Waals surface area contributed by atoms with Crippen molar-refractivity contribution in [3.8, 4) is 11.5 Å². The first-order chi connectivity index (χ1) is 11.1. The topological polar surface area (TPSA) is 98.2 Å². The van der Waals surface area contributed by atoms with Crippen molar-refractivity contribution in [3.05, 3.63) is 23.8 Å². The van der Waals surface area contributed by atoms with Crippen LogP contribution in [0.4, 0.5) is 0 Å². The van der Waals surface area contributed by atoms with Crippen molar-refractivity contribution in [2.24, 2.45) is 5.10 Å². The van der Waals surface area contributed by atoms with Gasteiger partial charge in [-0.1, -0.05) is 0 Å². The lowest BCUT2D eigenvalue weighted by molar-refractivity contribution is -0.139. The average Bonchev–Trinajstić information content (AvgIpc) is 2.56. The summed E-state index contributed by atoms with van der Waals surface area (Å²) in [5, 5.41) is 6.11.